The number of nitrogens with zero attached hydrogens (tertiary/aromatic N) is 3. The molecule has 6 heteroatoms. The molecule has 0 amide bonds. The molecule has 122 valence electrons. The summed E-state index contributed by atoms with van der Waals surface area (Å²) < 4.78 is 31.8. The highest BCUT2D eigenvalue weighted by Gasteiger charge is 2.33. The first-order chi connectivity index (χ1) is 11.2. The van der Waals surface area contributed by atoms with E-state index in [1.807, 2.05) is 0 Å². The van der Waals surface area contributed by atoms with Crippen LogP contribution >= 0.6 is 0 Å². The van der Waals surface area contributed by atoms with Crippen LogP contribution in [0.2, 0.25) is 0 Å². The van der Waals surface area contributed by atoms with Gasteiger partial charge >= 0.3 is 0 Å². The highest BCUT2D eigenvalue weighted by molar-refractivity contribution is 5.21. The maximum atomic E-state index is 13.2. The quantitative estimate of drug-likeness (QED) is 0.867. The Morgan fingerprint density at radius 2 is 1.74 bits per heavy atom. The Morgan fingerprint density at radius 3 is 2.39 bits per heavy atom. The normalized spacial score (nSPS) is 20.1. The first-order valence-corrected chi connectivity index (χ1v) is 8.19. The molecule has 1 saturated carbocycles. The van der Waals surface area contributed by atoms with Gasteiger partial charge in [-0.2, -0.15) is 4.98 Å². The number of piperidine rings is 1. The van der Waals surface area contributed by atoms with Crippen LogP contribution in [0.5, 0.6) is 0 Å². The summed E-state index contributed by atoms with van der Waals surface area (Å²) in [5.74, 6) is 0.268. The molecule has 1 aromatic carbocycles. The van der Waals surface area contributed by atoms with Crippen molar-refractivity contribution in [1.82, 2.24) is 15.0 Å². The first kappa shape index (κ1) is 14.8. The predicted octanol–water partition coefficient (Wildman–Crippen LogP) is 3.28. The number of likely N-dealkylation sites (tertiary alicyclic amines) is 1. The number of rotatable bonds is 4. The van der Waals surface area contributed by atoms with Gasteiger partial charge in [0.15, 0.2) is 5.82 Å². The average Bonchev–Trinajstić information content (AvgIpc) is 3.27. The van der Waals surface area contributed by atoms with Crippen molar-refractivity contribution in [1.29, 1.82) is 0 Å². The van der Waals surface area contributed by atoms with E-state index in [0.29, 0.717) is 23.2 Å². The number of halogens is 2. The fourth-order valence-corrected chi connectivity index (χ4v) is 3.35. The van der Waals surface area contributed by atoms with Gasteiger partial charge < -0.3 is 9.42 Å². The maximum Gasteiger partial charge on any atom is 0.229 e. The van der Waals surface area contributed by atoms with Gasteiger partial charge in [0.2, 0.25) is 5.89 Å². The molecule has 23 heavy (non-hydrogen) atoms. The Hall–Kier alpha value is -1.82. The van der Waals surface area contributed by atoms with Crippen LogP contribution in [0, 0.1) is 11.6 Å². The number of hydrogen-bond donors (Lipinski definition) is 0. The van der Waals surface area contributed by atoms with Gasteiger partial charge in [-0.1, -0.05) is 5.16 Å². The van der Waals surface area contributed by atoms with Crippen LogP contribution in [0.1, 0.15) is 48.9 Å². The minimum atomic E-state index is -0.587. The molecular weight excluding hydrogens is 300 g/mol. The highest BCUT2D eigenvalue weighted by Crippen LogP contribution is 2.34. The predicted molar refractivity (Wildman–Crippen MR) is 80.0 cm³/mol. The Kier molecular flexibility index (Phi) is 3.85. The van der Waals surface area contributed by atoms with E-state index in [2.05, 4.69) is 15.0 Å². The SMILES string of the molecule is Fc1cc(F)cc(Cc2noc(C3CCN(C4CC4)CC3)n2)c1. The second-order valence-corrected chi connectivity index (χ2v) is 6.54. The zero-order valence-electron chi connectivity index (χ0n) is 12.8. The summed E-state index contributed by atoms with van der Waals surface area (Å²) in [6.07, 6.45) is 5.01. The smallest absolute Gasteiger partial charge is 0.229 e. The second kappa shape index (κ2) is 6.00. The zero-order chi connectivity index (χ0) is 15.8. The van der Waals surface area contributed by atoms with Crippen molar-refractivity contribution in [2.24, 2.45) is 0 Å². The van der Waals surface area contributed by atoms with E-state index >= 15 is 0 Å². The van der Waals surface area contributed by atoms with E-state index in [4.69, 9.17) is 4.52 Å². The van der Waals surface area contributed by atoms with Gasteiger partial charge in [0.25, 0.3) is 0 Å². The highest BCUT2D eigenvalue weighted by atomic mass is 19.1. The Bertz CT molecular complexity index is 671. The van der Waals surface area contributed by atoms with Gasteiger partial charge in [-0.25, -0.2) is 8.78 Å². The van der Waals surface area contributed by atoms with Crippen LogP contribution < -0.4 is 0 Å². The third kappa shape index (κ3) is 3.42. The lowest BCUT2D eigenvalue weighted by Gasteiger charge is -2.30. The Morgan fingerprint density at radius 1 is 1.04 bits per heavy atom. The molecule has 0 radical (unpaired) electrons. The van der Waals surface area contributed by atoms with E-state index in [-0.39, 0.29) is 6.42 Å². The van der Waals surface area contributed by atoms with E-state index in [1.165, 1.54) is 25.0 Å². The van der Waals surface area contributed by atoms with Crippen molar-refractivity contribution < 1.29 is 13.3 Å². The zero-order valence-corrected chi connectivity index (χ0v) is 12.8. The summed E-state index contributed by atoms with van der Waals surface area (Å²) in [5.41, 5.74) is 0.512. The molecule has 2 heterocycles. The average molecular weight is 319 g/mol. The topological polar surface area (TPSA) is 42.2 Å². The molecule has 4 nitrogen and oxygen atoms in total. The molecule has 4 rings (SSSR count). The molecule has 1 aromatic heterocycles. The lowest BCUT2D eigenvalue weighted by molar-refractivity contribution is 0.186. The third-order valence-electron chi connectivity index (χ3n) is 4.71. The second-order valence-electron chi connectivity index (χ2n) is 6.54. The van der Waals surface area contributed by atoms with Crippen LogP contribution in [0.3, 0.4) is 0 Å². The van der Waals surface area contributed by atoms with Crippen LogP contribution in [0.25, 0.3) is 0 Å². The van der Waals surface area contributed by atoms with Crippen molar-refractivity contribution >= 4 is 0 Å². The maximum absolute atomic E-state index is 13.2. The molecule has 1 saturated heterocycles. The van der Waals surface area contributed by atoms with Crippen molar-refractivity contribution in [2.45, 2.75) is 44.1 Å². The molecular formula is C17H19F2N3O. The molecule has 2 fully saturated rings. The van der Waals surface area contributed by atoms with E-state index in [1.54, 1.807) is 0 Å². The lowest BCUT2D eigenvalue weighted by atomic mass is 9.96. The molecule has 1 aliphatic carbocycles. The number of aromatic nitrogens is 2. The van der Waals surface area contributed by atoms with Crippen molar-refractivity contribution in [2.75, 3.05) is 13.1 Å². The fourth-order valence-electron chi connectivity index (χ4n) is 3.35. The Balaban J connectivity index is 1.40. The summed E-state index contributed by atoms with van der Waals surface area (Å²) in [5, 5.41) is 3.97. The van der Waals surface area contributed by atoms with Crippen molar-refractivity contribution in [3.05, 3.63) is 47.1 Å². The van der Waals surface area contributed by atoms with Crippen molar-refractivity contribution in [3.8, 4) is 0 Å². The molecule has 0 atom stereocenters. The van der Waals surface area contributed by atoms with Gasteiger partial charge in [-0.3, -0.25) is 0 Å². The third-order valence-corrected chi connectivity index (χ3v) is 4.71. The molecule has 0 unspecified atom stereocenters. The standard InChI is InChI=1S/C17H19F2N3O/c18-13-7-11(8-14(19)10-13)9-16-20-17(23-21-16)12-3-5-22(6-4-12)15-1-2-15/h7-8,10,12,15H,1-6,9H2. The molecule has 0 spiro atoms. The first-order valence-electron chi connectivity index (χ1n) is 8.19. The summed E-state index contributed by atoms with van der Waals surface area (Å²) in [6.45, 7) is 2.17. The van der Waals surface area contributed by atoms with Gasteiger partial charge in [0.1, 0.15) is 11.6 Å². The van der Waals surface area contributed by atoms with Crippen molar-refractivity contribution in [3.63, 3.8) is 0 Å². The van der Waals surface area contributed by atoms with E-state index in [0.717, 1.165) is 38.0 Å². The molecule has 0 bridgehead atoms. The molecule has 2 aromatic rings. The lowest BCUT2D eigenvalue weighted by Crippen LogP contribution is -2.34. The van der Waals surface area contributed by atoms with Gasteiger partial charge in [0.05, 0.1) is 0 Å². The molecule has 2 aliphatic rings. The van der Waals surface area contributed by atoms with Crippen LogP contribution in [-0.4, -0.2) is 34.2 Å². The number of hydrogen-bond acceptors (Lipinski definition) is 4. The molecule has 1 aliphatic heterocycles. The van der Waals surface area contributed by atoms with Crippen LogP contribution in [0.4, 0.5) is 8.78 Å². The van der Waals surface area contributed by atoms with Crippen LogP contribution in [0.15, 0.2) is 22.7 Å². The van der Waals surface area contributed by atoms with E-state index < -0.39 is 11.6 Å². The Labute approximate surface area is 133 Å². The summed E-state index contributed by atoms with van der Waals surface area (Å²) in [7, 11) is 0. The van der Waals surface area contributed by atoms with Gasteiger partial charge in [-0.05, 0) is 56.5 Å². The van der Waals surface area contributed by atoms with Gasteiger partial charge in [0, 0.05) is 24.4 Å². The summed E-state index contributed by atoms with van der Waals surface area (Å²) in [6, 6.07) is 4.26. The minimum Gasteiger partial charge on any atom is -0.339 e. The molecule has 0 N–H and O–H groups in total. The monoisotopic (exact) mass is 319 g/mol. The summed E-state index contributed by atoms with van der Waals surface area (Å²) in [4.78, 5) is 6.98. The number of benzene rings is 1. The fraction of sp³-hybridized carbons (Fsp3) is 0.529. The van der Waals surface area contributed by atoms with Crippen LogP contribution in [-0.2, 0) is 6.42 Å². The summed E-state index contributed by atoms with van der Waals surface area (Å²) >= 11 is 0. The van der Waals surface area contributed by atoms with E-state index in [9.17, 15) is 8.78 Å². The van der Waals surface area contributed by atoms with Gasteiger partial charge in [-0.15, -0.1) is 0 Å². The minimum absolute atomic E-state index is 0.277. The largest absolute Gasteiger partial charge is 0.339 e.